The maximum Gasteiger partial charge on any atom is 0.240 e. The van der Waals surface area contributed by atoms with Crippen LogP contribution in [0.2, 0.25) is 0 Å². The molecular formula is C20H25ClFN3O2S. The number of nitrogens with one attached hydrogen (secondary N) is 2. The smallest absolute Gasteiger partial charge is 0.240 e. The quantitative estimate of drug-likeness (QED) is 0.772. The van der Waals surface area contributed by atoms with Gasteiger partial charge in [0.2, 0.25) is 10.0 Å². The van der Waals surface area contributed by atoms with Gasteiger partial charge in [-0.2, -0.15) is 0 Å². The van der Waals surface area contributed by atoms with E-state index < -0.39 is 15.8 Å². The zero-order chi connectivity index (χ0) is 18.9. The molecule has 0 amide bonds. The minimum atomic E-state index is -3.61. The molecule has 2 aromatic rings. The minimum absolute atomic E-state index is 0. The van der Waals surface area contributed by atoms with Crippen molar-refractivity contribution in [2.45, 2.75) is 36.7 Å². The van der Waals surface area contributed by atoms with E-state index in [1.165, 1.54) is 41.1 Å². The van der Waals surface area contributed by atoms with Crippen molar-refractivity contribution in [2.75, 3.05) is 25.0 Å². The first-order valence-electron chi connectivity index (χ1n) is 9.36. The topological polar surface area (TPSA) is 61.4 Å². The van der Waals surface area contributed by atoms with Crippen LogP contribution in [0.25, 0.3) is 0 Å². The number of anilines is 1. The van der Waals surface area contributed by atoms with Gasteiger partial charge in [-0.25, -0.2) is 17.5 Å². The highest BCUT2D eigenvalue weighted by atomic mass is 35.5. The number of nitrogens with zero attached hydrogens (tertiary/aromatic N) is 1. The van der Waals surface area contributed by atoms with Gasteiger partial charge in [-0.05, 0) is 54.7 Å². The summed E-state index contributed by atoms with van der Waals surface area (Å²) in [7, 11) is -3.61. The minimum Gasteiger partial charge on any atom is -0.384 e. The maximum atomic E-state index is 13.0. The lowest BCUT2D eigenvalue weighted by atomic mass is 10.0. The summed E-state index contributed by atoms with van der Waals surface area (Å²) in [5, 5.41) is 3.48. The Kier molecular flexibility index (Phi) is 6.60. The molecule has 0 spiro atoms. The van der Waals surface area contributed by atoms with Crippen molar-refractivity contribution < 1.29 is 12.8 Å². The molecular weight excluding hydrogens is 401 g/mol. The fourth-order valence-corrected chi connectivity index (χ4v) is 5.20. The average Bonchev–Trinajstić information content (AvgIpc) is 3.13. The second-order valence-electron chi connectivity index (χ2n) is 7.25. The largest absolute Gasteiger partial charge is 0.384 e. The van der Waals surface area contributed by atoms with Crippen LogP contribution >= 0.6 is 12.4 Å². The predicted molar refractivity (Wildman–Crippen MR) is 111 cm³/mol. The van der Waals surface area contributed by atoms with Gasteiger partial charge in [-0.3, -0.25) is 4.90 Å². The third-order valence-electron chi connectivity index (χ3n) is 5.36. The Morgan fingerprint density at radius 3 is 2.54 bits per heavy atom. The van der Waals surface area contributed by atoms with Crippen molar-refractivity contribution in [3.8, 4) is 0 Å². The Morgan fingerprint density at radius 2 is 1.82 bits per heavy atom. The highest BCUT2D eigenvalue weighted by molar-refractivity contribution is 7.89. The van der Waals surface area contributed by atoms with Gasteiger partial charge < -0.3 is 5.32 Å². The molecule has 2 aliphatic heterocycles. The van der Waals surface area contributed by atoms with E-state index >= 15 is 0 Å². The summed E-state index contributed by atoms with van der Waals surface area (Å²) in [5.74, 6) is -0.441. The number of halogens is 2. The molecule has 8 heteroatoms. The third-order valence-corrected chi connectivity index (χ3v) is 6.90. The van der Waals surface area contributed by atoms with Crippen molar-refractivity contribution in [1.29, 1.82) is 0 Å². The van der Waals surface area contributed by atoms with Crippen LogP contribution in [0.15, 0.2) is 47.4 Å². The Bertz CT molecular complexity index is 914. The molecule has 4 rings (SSSR count). The molecule has 0 saturated carbocycles. The molecule has 0 unspecified atom stereocenters. The van der Waals surface area contributed by atoms with E-state index in [0.717, 1.165) is 45.4 Å². The van der Waals surface area contributed by atoms with Gasteiger partial charge in [0.1, 0.15) is 5.82 Å². The zero-order valence-electron chi connectivity index (χ0n) is 15.5. The van der Waals surface area contributed by atoms with Gasteiger partial charge in [0, 0.05) is 37.9 Å². The van der Waals surface area contributed by atoms with Crippen LogP contribution in [0.3, 0.4) is 0 Å². The molecule has 0 aliphatic carbocycles. The molecule has 5 nitrogen and oxygen atoms in total. The van der Waals surface area contributed by atoms with E-state index in [0.29, 0.717) is 0 Å². The number of likely N-dealkylation sites (tertiary alicyclic amines) is 1. The van der Waals surface area contributed by atoms with Crippen molar-refractivity contribution in [3.63, 3.8) is 0 Å². The number of benzene rings is 2. The van der Waals surface area contributed by atoms with Crippen LogP contribution in [0.4, 0.5) is 10.1 Å². The molecule has 2 heterocycles. The molecule has 1 fully saturated rings. The number of rotatable bonds is 5. The number of hydrogen-bond donors (Lipinski definition) is 2. The third kappa shape index (κ3) is 4.66. The fourth-order valence-electron chi connectivity index (χ4n) is 3.89. The first kappa shape index (κ1) is 21.0. The molecule has 0 bridgehead atoms. The molecule has 2 aromatic carbocycles. The lowest BCUT2D eigenvalue weighted by molar-refractivity contribution is 0.200. The number of para-hydroxylation sites is 1. The molecule has 2 aliphatic rings. The van der Waals surface area contributed by atoms with E-state index in [-0.39, 0.29) is 23.3 Å². The van der Waals surface area contributed by atoms with Crippen molar-refractivity contribution >= 4 is 28.1 Å². The predicted octanol–water partition coefficient (Wildman–Crippen LogP) is 3.16. The lowest BCUT2D eigenvalue weighted by Gasteiger charge is -2.32. The van der Waals surface area contributed by atoms with Crippen LogP contribution in [0.5, 0.6) is 0 Å². The van der Waals surface area contributed by atoms with Gasteiger partial charge in [0.25, 0.3) is 0 Å². The summed E-state index contributed by atoms with van der Waals surface area (Å²) in [6.45, 7) is 3.58. The molecule has 0 radical (unpaired) electrons. The fraction of sp³-hybridized carbons (Fsp3) is 0.400. The highest BCUT2D eigenvalue weighted by Gasteiger charge is 2.25. The van der Waals surface area contributed by atoms with Gasteiger partial charge in [0.15, 0.2) is 0 Å². The summed E-state index contributed by atoms with van der Waals surface area (Å²) in [4.78, 5) is 2.48. The van der Waals surface area contributed by atoms with Gasteiger partial charge in [0.05, 0.1) is 4.90 Å². The van der Waals surface area contributed by atoms with Crippen LogP contribution < -0.4 is 10.0 Å². The van der Waals surface area contributed by atoms with Crippen LogP contribution in [-0.4, -0.2) is 39.0 Å². The van der Waals surface area contributed by atoms with Gasteiger partial charge >= 0.3 is 0 Å². The standard InChI is InChI=1S/C20H24FN3O2S.ClH/c21-17-4-6-19(7-5-17)27(25,26)23-18-9-12-24(13-10-18)14-16-3-1-2-15-8-11-22-20(15)16;/h1-7,18,22-23H,8-14H2;1H. The van der Waals surface area contributed by atoms with Crippen molar-refractivity contribution in [1.82, 2.24) is 9.62 Å². The lowest BCUT2D eigenvalue weighted by Crippen LogP contribution is -2.44. The number of fused-ring (bicyclic) bond motifs is 1. The van der Waals surface area contributed by atoms with E-state index in [9.17, 15) is 12.8 Å². The maximum absolute atomic E-state index is 13.0. The molecule has 28 heavy (non-hydrogen) atoms. The van der Waals surface area contributed by atoms with Crippen LogP contribution in [0, 0.1) is 5.82 Å². The second-order valence-corrected chi connectivity index (χ2v) is 8.97. The first-order valence-corrected chi connectivity index (χ1v) is 10.8. The Hall–Kier alpha value is -1.67. The molecule has 152 valence electrons. The van der Waals surface area contributed by atoms with Crippen LogP contribution in [-0.2, 0) is 23.0 Å². The Morgan fingerprint density at radius 1 is 1.11 bits per heavy atom. The van der Waals surface area contributed by atoms with E-state index in [1.54, 1.807) is 0 Å². The Labute approximate surface area is 171 Å². The monoisotopic (exact) mass is 425 g/mol. The van der Waals surface area contributed by atoms with E-state index in [4.69, 9.17) is 0 Å². The summed E-state index contributed by atoms with van der Waals surface area (Å²) in [5.41, 5.74) is 3.97. The summed E-state index contributed by atoms with van der Waals surface area (Å²) in [6.07, 6.45) is 2.61. The SMILES string of the molecule is Cl.O=S(=O)(NC1CCN(Cc2cccc3c2NCC3)CC1)c1ccc(F)cc1. The number of sulfonamides is 1. The normalized spacial score (nSPS) is 17.6. The summed E-state index contributed by atoms with van der Waals surface area (Å²) in [6, 6.07) is 11.3. The van der Waals surface area contributed by atoms with Crippen LogP contribution in [0.1, 0.15) is 24.0 Å². The molecule has 1 saturated heterocycles. The van der Waals surface area contributed by atoms with E-state index in [2.05, 4.69) is 33.1 Å². The molecule has 0 atom stereocenters. The van der Waals surface area contributed by atoms with Crippen molar-refractivity contribution in [3.05, 3.63) is 59.4 Å². The molecule has 2 N–H and O–H groups in total. The highest BCUT2D eigenvalue weighted by Crippen LogP contribution is 2.28. The second kappa shape index (κ2) is 8.78. The first-order chi connectivity index (χ1) is 13.0. The van der Waals surface area contributed by atoms with E-state index in [1.807, 2.05) is 0 Å². The Balaban J connectivity index is 0.00000225. The average molecular weight is 426 g/mol. The number of piperidine rings is 1. The van der Waals surface area contributed by atoms with Crippen molar-refractivity contribution in [2.24, 2.45) is 0 Å². The zero-order valence-corrected chi connectivity index (χ0v) is 17.2. The summed E-state index contributed by atoms with van der Waals surface area (Å²) < 4.78 is 40.7. The molecule has 0 aromatic heterocycles. The number of hydrogen-bond acceptors (Lipinski definition) is 4. The van der Waals surface area contributed by atoms with Gasteiger partial charge in [-0.1, -0.05) is 18.2 Å². The summed E-state index contributed by atoms with van der Waals surface area (Å²) >= 11 is 0. The van der Waals surface area contributed by atoms with Gasteiger partial charge in [-0.15, -0.1) is 12.4 Å².